The maximum absolute atomic E-state index is 13.2. The van der Waals surface area contributed by atoms with Gasteiger partial charge in [-0.3, -0.25) is 4.79 Å². The van der Waals surface area contributed by atoms with E-state index in [4.69, 9.17) is 5.11 Å². The maximum Gasteiger partial charge on any atom is 0.254 e. The van der Waals surface area contributed by atoms with Crippen LogP contribution < -0.4 is 0 Å². The van der Waals surface area contributed by atoms with E-state index in [1.165, 1.54) is 12.1 Å². The molecule has 1 N–H and O–H groups in total. The van der Waals surface area contributed by atoms with Gasteiger partial charge in [-0.1, -0.05) is 6.07 Å². The van der Waals surface area contributed by atoms with E-state index in [1.807, 2.05) is 0 Å². The Morgan fingerprint density at radius 2 is 2.33 bits per heavy atom. The van der Waals surface area contributed by atoms with Crippen LogP contribution in [0.1, 0.15) is 28.8 Å². The van der Waals surface area contributed by atoms with Gasteiger partial charge in [0.15, 0.2) is 0 Å². The van der Waals surface area contributed by atoms with Crippen LogP contribution in [0.3, 0.4) is 0 Å². The van der Waals surface area contributed by atoms with Crippen LogP contribution in [0.15, 0.2) is 18.2 Å². The molecule has 1 unspecified atom stereocenters. The third-order valence-electron chi connectivity index (χ3n) is 3.49. The van der Waals surface area contributed by atoms with Gasteiger partial charge in [0.1, 0.15) is 5.82 Å². The highest BCUT2D eigenvalue weighted by Crippen LogP contribution is 2.20. The van der Waals surface area contributed by atoms with Crippen molar-refractivity contribution in [3.63, 3.8) is 0 Å². The number of carbonyl (C=O) groups excluding carboxylic acids is 1. The number of nitrogens with zero attached hydrogens (tertiary/aromatic N) is 1. The molecule has 1 amide bonds. The molecule has 4 heteroatoms. The molecule has 1 atom stereocenters. The van der Waals surface area contributed by atoms with E-state index in [2.05, 4.69) is 0 Å². The summed E-state index contributed by atoms with van der Waals surface area (Å²) < 4.78 is 13.2. The van der Waals surface area contributed by atoms with E-state index in [1.54, 1.807) is 17.9 Å². The van der Waals surface area contributed by atoms with Crippen molar-refractivity contribution in [2.24, 2.45) is 5.92 Å². The monoisotopic (exact) mass is 251 g/mol. The molecule has 0 aliphatic carbocycles. The van der Waals surface area contributed by atoms with Crippen molar-refractivity contribution in [2.45, 2.75) is 19.8 Å². The second-order valence-electron chi connectivity index (χ2n) is 4.90. The van der Waals surface area contributed by atoms with E-state index in [-0.39, 0.29) is 24.2 Å². The number of carbonyl (C=O) groups is 1. The van der Waals surface area contributed by atoms with Crippen molar-refractivity contribution in [3.05, 3.63) is 35.1 Å². The minimum Gasteiger partial charge on any atom is -0.396 e. The fourth-order valence-electron chi connectivity index (χ4n) is 2.39. The zero-order valence-electron chi connectivity index (χ0n) is 10.5. The van der Waals surface area contributed by atoms with Gasteiger partial charge in [0.05, 0.1) is 0 Å². The molecule has 0 spiro atoms. The SMILES string of the molecule is Cc1ccc(F)cc1C(=O)N1CCCC(CO)C1. The fraction of sp³-hybridized carbons (Fsp3) is 0.500. The lowest BCUT2D eigenvalue weighted by Gasteiger charge is -2.32. The van der Waals surface area contributed by atoms with Gasteiger partial charge in [0.2, 0.25) is 0 Å². The lowest BCUT2D eigenvalue weighted by atomic mass is 9.97. The number of piperidine rings is 1. The lowest BCUT2D eigenvalue weighted by molar-refractivity contribution is 0.0619. The molecule has 0 saturated carbocycles. The molecular formula is C14H18FNO2. The standard InChI is InChI=1S/C14H18FNO2/c1-10-4-5-12(15)7-13(10)14(18)16-6-2-3-11(8-16)9-17/h4-5,7,11,17H,2-3,6,8-9H2,1H3. The molecule has 1 aromatic rings. The number of amides is 1. The van der Waals surface area contributed by atoms with E-state index < -0.39 is 0 Å². The second-order valence-corrected chi connectivity index (χ2v) is 4.90. The van der Waals surface area contributed by atoms with Crippen LogP contribution in [0.5, 0.6) is 0 Å². The summed E-state index contributed by atoms with van der Waals surface area (Å²) in [5.74, 6) is -0.374. The predicted octanol–water partition coefficient (Wildman–Crippen LogP) is 1.98. The van der Waals surface area contributed by atoms with Crippen molar-refractivity contribution in [3.8, 4) is 0 Å². The van der Waals surface area contributed by atoms with Crippen molar-refractivity contribution in [1.29, 1.82) is 0 Å². The summed E-state index contributed by atoms with van der Waals surface area (Å²) in [6, 6.07) is 4.27. The van der Waals surface area contributed by atoms with Crippen LogP contribution in [0.25, 0.3) is 0 Å². The van der Waals surface area contributed by atoms with E-state index >= 15 is 0 Å². The highest BCUT2D eigenvalue weighted by molar-refractivity contribution is 5.95. The van der Waals surface area contributed by atoms with Crippen LogP contribution in [-0.2, 0) is 0 Å². The van der Waals surface area contributed by atoms with Crippen LogP contribution in [0.4, 0.5) is 4.39 Å². The Morgan fingerprint density at radius 3 is 3.06 bits per heavy atom. The Kier molecular flexibility index (Phi) is 3.97. The number of rotatable bonds is 2. The Morgan fingerprint density at radius 1 is 1.56 bits per heavy atom. The number of hydrogen-bond donors (Lipinski definition) is 1. The van der Waals surface area contributed by atoms with Crippen molar-refractivity contribution >= 4 is 5.91 Å². The third-order valence-corrected chi connectivity index (χ3v) is 3.49. The Bertz CT molecular complexity index is 447. The highest BCUT2D eigenvalue weighted by Gasteiger charge is 2.24. The van der Waals surface area contributed by atoms with Crippen molar-refractivity contribution in [1.82, 2.24) is 4.90 Å². The third kappa shape index (κ3) is 2.70. The summed E-state index contributed by atoms with van der Waals surface area (Å²) in [4.78, 5) is 14.0. The Labute approximate surface area is 106 Å². The van der Waals surface area contributed by atoms with E-state index in [0.29, 0.717) is 18.7 Å². The molecule has 0 radical (unpaired) electrons. The van der Waals surface area contributed by atoms with Crippen molar-refractivity contribution < 1.29 is 14.3 Å². The molecule has 1 saturated heterocycles. The van der Waals surface area contributed by atoms with E-state index in [9.17, 15) is 9.18 Å². The smallest absolute Gasteiger partial charge is 0.254 e. The Hall–Kier alpha value is -1.42. The highest BCUT2D eigenvalue weighted by atomic mass is 19.1. The number of aliphatic hydroxyl groups excluding tert-OH is 1. The number of benzene rings is 1. The molecular weight excluding hydrogens is 233 g/mol. The zero-order valence-corrected chi connectivity index (χ0v) is 10.5. The van der Waals surface area contributed by atoms with Gasteiger partial charge < -0.3 is 10.0 Å². The number of halogens is 1. The average Bonchev–Trinajstić information content (AvgIpc) is 2.41. The maximum atomic E-state index is 13.2. The van der Waals surface area contributed by atoms with Crippen LogP contribution >= 0.6 is 0 Å². The van der Waals surface area contributed by atoms with Gasteiger partial charge in [0.25, 0.3) is 5.91 Å². The topological polar surface area (TPSA) is 40.5 Å². The largest absolute Gasteiger partial charge is 0.396 e. The first-order valence-corrected chi connectivity index (χ1v) is 6.28. The van der Waals surface area contributed by atoms with Gasteiger partial charge in [-0.25, -0.2) is 4.39 Å². The van der Waals surface area contributed by atoms with Crippen molar-refractivity contribution in [2.75, 3.05) is 19.7 Å². The van der Waals surface area contributed by atoms with Crippen LogP contribution in [-0.4, -0.2) is 35.6 Å². The normalized spacial score (nSPS) is 19.9. The molecule has 0 bridgehead atoms. The zero-order chi connectivity index (χ0) is 13.1. The molecule has 1 aliphatic heterocycles. The summed E-state index contributed by atoms with van der Waals surface area (Å²) in [6.07, 6.45) is 1.84. The van der Waals surface area contributed by atoms with Gasteiger partial charge in [-0.05, 0) is 43.4 Å². The number of hydrogen-bond acceptors (Lipinski definition) is 2. The molecule has 1 aromatic carbocycles. The molecule has 2 rings (SSSR count). The molecule has 1 aliphatic rings. The molecule has 1 fully saturated rings. The molecule has 0 aromatic heterocycles. The summed E-state index contributed by atoms with van der Waals surface area (Å²) in [5.41, 5.74) is 1.21. The van der Waals surface area contributed by atoms with E-state index in [0.717, 1.165) is 18.4 Å². The first kappa shape index (κ1) is 13.0. The number of likely N-dealkylation sites (tertiary alicyclic amines) is 1. The summed E-state index contributed by atoms with van der Waals surface area (Å²) >= 11 is 0. The first-order chi connectivity index (χ1) is 8.61. The van der Waals surface area contributed by atoms with Gasteiger partial charge in [-0.2, -0.15) is 0 Å². The second kappa shape index (κ2) is 5.48. The first-order valence-electron chi connectivity index (χ1n) is 6.28. The minimum atomic E-state index is -0.389. The predicted molar refractivity (Wildman–Crippen MR) is 66.9 cm³/mol. The summed E-state index contributed by atoms with van der Waals surface area (Å²) in [7, 11) is 0. The summed E-state index contributed by atoms with van der Waals surface area (Å²) in [6.45, 7) is 3.16. The fourth-order valence-corrected chi connectivity index (χ4v) is 2.39. The number of aryl methyl sites for hydroxylation is 1. The van der Waals surface area contributed by atoms with Gasteiger partial charge >= 0.3 is 0 Å². The molecule has 98 valence electrons. The lowest BCUT2D eigenvalue weighted by Crippen LogP contribution is -2.41. The quantitative estimate of drug-likeness (QED) is 0.873. The molecule has 18 heavy (non-hydrogen) atoms. The Balaban J connectivity index is 2.17. The molecule has 3 nitrogen and oxygen atoms in total. The van der Waals surface area contributed by atoms with Crippen LogP contribution in [0.2, 0.25) is 0 Å². The van der Waals surface area contributed by atoms with Gasteiger partial charge in [0, 0.05) is 25.3 Å². The minimum absolute atomic E-state index is 0.103. The molecule has 1 heterocycles. The summed E-state index contributed by atoms with van der Waals surface area (Å²) in [5, 5.41) is 9.16. The van der Waals surface area contributed by atoms with Crippen LogP contribution in [0, 0.1) is 18.7 Å². The average molecular weight is 251 g/mol. The number of aliphatic hydroxyl groups is 1. The van der Waals surface area contributed by atoms with Gasteiger partial charge in [-0.15, -0.1) is 0 Å².